The number of benzene rings is 1. The number of carbonyl (C=O) groups excluding carboxylic acids is 1. The number of nitrogens with zero attached hydrogens (tertiary/aromatic N) is 1. The Balaban J connectivity index is 2.38. The van der Waals surface area contributed by atoms with Crippen molar-refractivity contribution in [3.05, 3.63) is 35.9 Å². The van der Waals surface area contributed by atoms with Crippen LogP contribution in [0.5, 0.6) is 0 Å². The van der Waals surface area contributed by atoms with Crippen molar-refractivity contribution < 1.29 is 17.9 Å². The van der Waals surface area contributed by atoms with Crippen molar-refractivity contribution in [3.63, 3.8) is 0 Å². The molecule has 0 fully saturated rings. The molecule has 0 aromatic heterocycles. The van der Waals surface area contributed by atoms with E-state index in [-0.39, 0.29) is 12.2 Å². The van der Waals surface area contributed by atoms with Gasteiger partial charge in [-0.2, -0.15) is 4.40 Å². The number of carbonyl (C=O) groups is 1. The Hall–Kier alpha value is -1.73. The summed E-state index contributed by atoms with van der Waals surface area (Å²) in [5.74, 6) is -0.630. The van der Waals surface area contributed by atoms with E-state index in [2.05, 4.69) is 9.13 Å². The Bertz CT molecular complexity index is 570. The molecular formula is C14H20N2O4S. The van der Waals surface area contributed by atoms with Crippen molar-refractivity contribution in [2.24, 2.45) is 10.1 Å². The number of hydrogen-bond donors (Lipinski definition) is 1. The van der Waals surface area contributed by atoms with Gasteiger partial charge >= 0.3 is 5.97 Å². The maximum absolute atomic E-state index is 11.7. The second-order valence-corrected chi connectivity index (χ2v) is 6.31. The molecule has 0 aliphatic carbocycles. The van der Waals surface area contributed by atoms with E-state index in [0.717, 1.165) is 11.8 Å². The predicted octanol–water partition coefficient (Wildman–Crippen LogP) is 0.910. The summed E-state index contributed by atoms with van der Waals surface area (Å²) in [7, 11) is -2.30. The highest BCUT2D eigenvalue weighted by Crippen LogP contribution is 2.05. The first-order valence-corrected chi connectivity index (χ1v) is 8.19. The number of ether oxygens (including phenoxy) is 1. The molecule has 1 rings (SSSR count). The van der Waals surface area contributed by atoms with Gasteiger partial charge in [-0.15, -0.1) is 0 Å². The molecule has 0 saturated carbocycles. The summed E-state index contributed by atoms with van der Waals surface area (Å²) in [6.07, 6.45) is 2.36. The van der Waals surface area contributed by atoms with Gasteiger partial charge in [0.1, 0.15) is 6.04 Å². The van der Waals surface area contributed by atoms with Gasteiger partial charge in [0.05, 0.1) is 12.9 Å². The fourth-order valence-corrected chi connectivity index (χ4v) is 2.60. The largest absolute Gasteiger partial charge is 0.468 e. The van der Waals surface area contributed by atoms with Crippen LogP contribution in [0.2, 0.25) is 0 Å². The number of rotatable bonds is 8. The van der Waals surface area contributed by atoms with E-state index >= 15 is 0 Å². The van der Waals surface area contributed by atoms with E-state index in [1.807, 2.05) is 30.3 Å². The maximum atomic E-state index is 11.7. The summed E-state index contributed by atoms with van der Waals surface area (Å²) >= 11 is 0. The summed E-state index contributed by atoms with van der Waals surface area (Å²) in [6, 6.07) is 8.75. The molecule has 2 N–H and O–H groups in total. The minimum Gasteiger partial charge on any atom is -0.468 e. The van der Waals surface area contributed by atoms with Gasteiger partial charge in [-0.1, -0.05) is 30.3 Å². The first-order valence-electron chi connectivity index (χ1n) is 6.58. The summed E-state index contributed by atoms with van der Waals surface area (Å²) in [6.45, 7) is 0. The monoisotopic (exact) mass is 312 g/mol. The average Bonchev–Trinajstić information content (AvgIpc) is 2.47. The smallest absolute Gasteiger partial charge is 0.323 e. The topological polar surface area (TPSA) is 98.8 Å². The molecule has 7 heteroatoms. The number of sulfonamides is 1. The Kier molecular flexibility index (Phi) is 7.04. The molecule has 0 amide bonds. The van der Waals surface area contributed by atoms with Gasteiger partial charge in [0.2, 0.25) is 0 Å². The summed E-state index contributed by atoms with van der Waals surface area (Å²) in [5, 5.41) is 0. The molecule has 0 heterocycles. The average molecular weight is 312 g/mol. The van der Waals surface area contributed by atoms with Gasteiger partial charge in [-0.3, -0.25) is 4.79 Å². The molecule has 0 radical (unpaired) electrons. The van der Waals surface area contributed by atoms with E-state index in [0.29, 0.717) is 12.8 Å². The lowest BCUT2D eigenvalue weighted by Gasteiger charge is -2.05. The molecule has 0 bridgehead atoms. The molecule has 116 valence electrons. The Morgan fingerprint density at radius 2 is 2.05 bits per heavy atom. The van der Waals surface area contributed by atoms with Crippen LogP contribution in [0.3, 0.4) is 0 Å². The van der Waals surface area contributed by atoms with Crippen LogP contribution in [0, 0.1) is 0 Å². The van der Waals surface area contributed by atoms with Gasteiger partial charge < -0.3 is 10.5 Å². The third-order valence-corrected chi connectivity index (χ3v) is 4.08. The fraction of sp³-hybridized carbons (Fsp3) is 0.429. The van der Waals surface area contributed by atoms with Gasteiger partial charge in [-0.05, 0) is 18.4 Å². The van der Waals surface area contributed by atoms with Gasteiger partial charge in [0, 0.05) is 12.6 Å². The lowest BCUT2D eigenvalue weighted by molar-refractivity contribution is -0.141. The van der Waals surface area contributed by atoms with Gasteiger partial charge in [0.15, 0.2) is 0 Å². The van der Waals surface area contributed by atoms with Crippen LogP contribution >= 0.6 is 0 Å². The molecule has 1 aromatic carbocycles. The normalized spacial score (nSPS) is 13.2. The third kappa shape index (κ3) is 7.01. The van der Waals surface area contributed by atoms with Gasteiger partial charge in [-0.25, -0.2) is 8.42 Å². The predicted molar refractivity (Wildman–Crippen MR) is 81.7 cm³/mol. The highest BCUT2D eigenvalue weighted by molar-refractivity contribution is 7.90. The van der Waals surface area contributed by atoms with E-state index in [1.165, 1.54) is 7.11 Å². The molecular weight excluding hydrogens is 292 g/mol. The Labute approximate surface area is 125 Å². The van der Waals surface area contributed by atoms with E-state index < -0.39 is 22.0 Å². The minimum absolute atomic E-state index is 0.0323. The van der Waals surface area contributed by atoms with Crippen LogP contribution in [0.25, 0.3) is 0 Å². The van der Waals surface area contributed by atoms with Crippen molar-refractivity contribution >= 4 is 22.2 Å². The second-order valence-electron chi connectivity index (χ2n) is 4.53. The summed E-state index contributed by atoms with van der Waals surface area (Å²) < 4.78 is 31.3. The minimum atomic E-state index is -3.52. The fourth-order valence-electron chi connectivity index (χ4n) is 1.67. The van der Waals surface area contributed by atoms with Gasteiger partial charge in [0.25, 0.3) is 10.0 Å². The van der Waals surface area contributed by atoms with Crippen LogP contribution < -0.4 is 5.73 Å². The van der Waals surface area contributed by atoms with Crippen molar-refractivity contribution in [3.8, 4) is 0 Å². The molecule has 1 atom stereocenters. The molecule has 0 aliphatic rings. The Morgan fingerprint density at radius 3 is 2.67 bits per heavy atom. The van der Waals surface area contributed by atoms with Crippen molar-refractivity contribution in [2.45, 2.75) is 25.3 Å². The number of aryl methyl sites for hydroxylation is 1. The van der Waals surface area contributed by atoms with Crippen LogP contribution in [-0.4, -0.2) is 39.5 Å². The van der Waals surface area contributed by atoms with E-state index in [9.17, 15) is 13.2 Å². The molecule has 0 aliphatic heterocycles. The van der Waals surface area contributed by atoms with Crippen molar-refractivity contribution in [1.29, 1.82) is 0 Å². The third-order valence-electron chi connectivity index (χ3n) is 2.81. The standard InChI is InChI=1S/C14H20N2O4S/c1-20-14(17)13(15)9-10-16-21(18,19)11-5-8-12-6-3-2-4-7-12/h2-4,6-7,10,13H,5,8-9,11,15H2,1H3/t13-/m0/s1. The number of esters is 1. The van der Waals surface area contributed by atoms with Crippen LogP contribution in [0.1, 0.15) is 18.4 Å². The highest BCUT2D eigenvalue weighted by atomic mass is 32.2. The van der Waals surface area contributed by atoms with Crippen molar-refractivity contribution in [1.82, 2.24) is 0 Å². The Morgan fingerprint density at radius 1 is 1.38 bits per heavy atom. The molecule has 0 unspecified atom stereocenters. The zero-order valence-corrected chi connectivity index (χ0v) is 12.8. The van der Waals surface area contributed by atoms with E-state index in [4.69, 9.17) is 5.73 Å². The number of nitrogens with two attached hydrogens (primary N) is 1. The zero-order chi connectivity index (χ0) is 15.7. The molecule has 0 spiro atoms. The molecule has 6 nitrogen and oxygen atoms in total. The van der Waals surface area contributed by atoms with Crippen LogP contribution in [-0.2, 0) is 26.0 Å². The zero-order valence-electron chi connectivity index (χ0n) is 11.9. The lowest BCUT2D eigenvalue weighted by Crippen LogP contribution is -2.31. The van der Waals surface area contributed by atoms with Crippen molar-refractivity contribution in [2.75, 3.05) is 12.9 Å². The summed E-state index contributed by atoms with van der Waals surface area (Å²) in [5.41, 5.74) is 6.56. The SMILES string of the molecule is COC(=O)[C@@H](N)CC=NS(=O)(=O)CCCc1ccccc1. The molecule has 1 aromatic rings. The first-order chi connectivity index (χ1) is 9.94. The van der Waals surface area contributed by atoms with E-state index in [1.54, 1.807) is 0 Å². The highest BCUT2D eigenvalue weighted by Gasteiger charge is 2.13. The quantitative estimate of drug-likeness (QED) is 0.568. The molecule has 0 saturated heterocycles. The number of hydrogen-bond acceptors (Lipinski definition) is 5. The summed E-state index contributed by atoms with van der Waals surface area (Å²) in [4.78, 5) is 11.0. The second kappa shape index (κ2) is 8.53. The molecule has 21 heavy (non-hydrogen) atoms. The number of methoxy groups -OCH3 is 1. The van der Waals surface area contributed by atoms with Crippen LogP contribution in [0.15, 0.2) is 34.7 Å². The lowest BCUT2D eigenvalue weighted by atomic mass is 10.1. The first kappa shape index (κ1) is 17.3. The maximum Gasteiger partial charge on any atom is 0.323 e. The van der Waals surface area contributed by atoms with Crippen LogP contribution in [0.4, 0.5) is 0 Å².